The molecular weight excluding hydrogens is 676 g/mol. The van der Waals surface area contributed by atoms with Crippen molar-refractivity contribution in [2.45, 2.75) is 43.5 Å². The maximum absolute atomic E-state index is 15.2. The molecule has 48 heavy (non-hydrogen) atoms. The van der Waals surface area contributed by atoms with Gasteiger partial charge in [0.05, 0.1) is 23.6 Å². The molecule has 1 saturated carbocycles. The molecule has 258 valence electrons. The number of methoxy groups -OCH3 is 1. The molecule has 0 spiro atoms. The predicted molar refractivity (Wildman–Crippen MR) is 176 cm³/mol. The molecule has 2 aromatic carbocycles. The summed E-state index contributed by atoms with van der Waals surface area (Å²) in [5.41, 5.74) is -0.406. The SMILES string of the molecule is COCCN(C)[C@H]1CC[C@H](Nc2nccc(-c3cccnc3Oc3cc(F)c(NS(=O)(=O)Cc4ccc(F)cc4)c(F)c3F)n2)CC1.Cl. The molecule has 1 aliphatic rings. The van der Waals surface area contributed by atoms with Crippen LogP contribution in [0.4, 0.5) is 29.2 Å². The van der Waals surface area contributed by atoms with Gasteiger partial charge in [0.25, 0.3) is 0 Å². The first-order valence-electron chi connectivity index (χ1n) is 14.9. The van der Waals surface area contributed by atoms with E-state index in [-0.39, 0.29) is 29.9 Å². The topological polar surface area (TPSA) is 119 Å². The van der Waals surface area contributed by atoms with Crippen LogP contribution in [0.5, 0.6) is 11.6 Å². The number of ether oxygens (including phenoxy) is 2. The van der Waals surface area contributed by atoms with Crippen LogP contribution >= 0.6 is 12.4 Å². The number of hydrogen-bond donors (Lipinski definition) is 2. The van der Waals surface area contributed by atoms with Gasteiger partial charge in [-0.15, -0.1) is 12.4 Å². The van der Waals surface area contributed by atoms with Crippen molar-refractivity contribution >= 4 is 34.1 Å². The van der Waals surface area contributed by atoms with Crippen molar-refractivity contribution in [3.63, 3.8) is 0 Å². The summed E-state index contributed by atoms with van der Waals surface area (Å²) in [6, 6.07) is 10.4. The number of hydrogen-bond acceptors (Lipinski definition) is 9. The zero-order valence-electron chi connectivity index (χ0n) is 26.1. The molecule has 0 bridgehead atoms. The highest BCUT2D eigenvalue weighted by Gasteiger charge is 2.26. The second kappa shape index (κ2) is 16.4. The third-order valence-corrected chi connectivity index (χ3v) is 9.09. The maximum atomic E-state index is 15.2. The molecule has 5 rings (SSSR count). The Morgan fingerprint density at radius 3 is 2.40 bits per heavy atom. The van der Waals surface area contributed by atoms with E-state index in [0.29, 0.717) is 35.9 Å². The van der Waals surface area contributed by atoms with E-state index in [1.165, 1.54) is 18.3 Å². The van der Waals surface area contributed by atoms with Crippen molar-refractivity contribution in [2.75, 3.05) is 37.3 Å². The molecule has 0 aliphatic heterocycles. The van der Waals surface area contributed by atoms with E-state index in [1.807, 2.05) is 0 Å². The van der Waals surface area contributed by atoms with Crippen LogP contribution in [0.1, 0.15) is 31.2 Å². The van der Waals surface area contributed by atoms with Crippen molar-refractivity contribution in [1.29, 1.82) is 0 Å². The van der Waals surface area contributed by atoms with E-state index >= 15 is 13.2 Å². The Morgan fingerprint density at radius 2 is 1.69 bits per heavy atom. The zero-order valence-corrected chi connectivity index (χ0v) is 27.8. The van der Waals surface area contributed by atoms with Crippen molar-refractivity contribution in [3.8, 4) is 22.9 Å². The number of nitrogens with zero attached hydrogens (tertiary/aromatic N) is 4. The summed E-state index contributed by atoms with van der Waals surface area (Å²) >= 11 is 0. The van der Waals surface area contributed by atoms with Crippen LogP contribution in [-0.4, -0.2) is 67.7 Å². The van der Waals surface area contributed by atoms with E-state index < -0.39 is 50.5 Å². The van der Waals surface area contributed by atoms with E-state index in [1.54, 1.807) is 36.2 Å². The summed E-state index contributed by atoms with van der Waals surface area (Å²) in [6.07, 6.45) is 6.75. The quantitative estimate of drug-likeness (QED) is 0.118. The largest absolute Gasteiger partial charge is 0.435 e. The lowest BCUT2D eigenvalue weighted by molar-refractivity contribution is 0.121. The van der Waals surface area contributed by atoms with Gasteiger partial charge in [0, 0.05) is 44.2 Å². The van der Waals surface area contributed by atoms with Gasteiger partial charge in [0.15, 0.2) is 17.4 Å². The highest BCUT2D eigenvalue weighted by molar-refractivity contribution is 7.91. The molecule has 0 unspecified atom stereocenters. The van der Waals surface area contributed by atoms with Crippen molar-refractivity contribution < 1.29 is 35.5 Å². The number of rotatable bonds is 13. The van der Waals surface area contributed by atoms with Gasteiger partial charge in [-0.25, -0.2) is 36.5 Å². The summed E-state index contributed by atoms with van der Waals surface area (Å²) in [4.78, 5) is 15.3. The Bertz CT molecular complexity index is 1800. The van der Waals surface area contributed by atoms with Gasteiger partial charge in [0.1, 0.15) is 11.5 Å². The molecule has 0 radical (unpaired) electrons. The van der Waals surface area contributed by atoms with Gasteiger partial charge in [-0.3, -0.25) is 4.72 Å². The Balaban J connectivity index is 0.00000520. The highest BCUT2D eigenvalue weighted by atomic mass is 35.5. The minimum Gasteiger partial charge on any atom is -0.435 e. The van der Waals surface area contributed by atoms with Crippen molar-refractivity contribution in [3.05, 3.63) is 89.8 Å². The van der Waals surface area contributed by atoms with Gasteiger partial charge < -0.3 is 19.7 Å². The second-order valence-corrected chi connectivity index (χ2v) is 12.9. The lowest BCUT2D eigenvalue weighted by Crippen LogP contribution is -2.39. The fraction of sp³-hybridized carbons (Fsp3) is 0.344. The number of halogens is 5. The lowest BCUT2D eigenvalue weighted by Gasteiger charge is -2.34. The van der Waals surface area contributed by atoms with Crippen LogP contribution in [0.3, 0.4) is 0 Å². The number of nitrogens with one attached hydrogen (secondary N) is 2. The van der Waals surface area contributed by atoms with Crippen LogP contribution in [-0.2, 0) is 20.5 Å². The van der Waals surface area contributed by atoms with Crippen molar-refractivity contribution in [2.24, 2.45) is 0 Å². The van der Waals surface area contributed by atoms with Crippen LogP contribution in [0.2, 0.25) is 0 Å². The van der Waals surface area contributed by atoms with Gasteiger partial charge in [-0.05, 0) is 68.6 Å². The summed E-state index contributed by atoms with van der Waals surface area (Å²) in [5.74, 6) is -6.88. The maximum Gasteiger partial charge on any atom is 0.237 e. The zero-order chi connectivity index (χ0) is 33.6. The second-order valence-electron chi connectivity index (χ2n) is 11.2. The number of benzene rings is 2. The first kappa shape index (κ1) is 36.8. The fourth-order valence-electron chi connectivity index (χ4n) is 5.34. The average Bonchev–Trinajstić information content (AvgIpc) is 3.06. The average molecular weight is 711 g/mol. The van der Waals surface area contributed by atoms with E-state index in [0.717, 1.165) is 44.4 Å². The smallest absolute Gasteiger partial charge is 0.237 e. The van der Waals surface area contributed by atoms with Crippen molar-refractivity contribution in [1.82, 2.24) is 19.9 Å². The highest BCUT2D eigenvalue weighted by Crippen LogP contribution is 2.36. The minimum atomic E-state index is -4.40. The molecule has 1 fully saturated rings. The molecule has 2 N–H and O–H groups in total. The van der Waals surface area contributed by atoms with Gasteiger partial charge in [-0.1, -0.05) is 12.1 Å². The number of anilines is 2. The standard InChI is InChI=1S/C32H34F4N6O4S.ClH/c1-42(16-17-45-2)23-11-9-22(10-12-23)39-32-38-15-13-26(40-32)24-4-3-14-37-31(24)46-27-18-25(34)30(29(36)28(27)35)41-47(43,44)19-20-5-7-21(33)8-6-20;/h3-8,13-15,18,22-23,41H,9-12,16-17,19H2,1-2H3,(H,38,39,40);1H/t22-,23-;. The monoisotopic (exact) mass is 710 g/mol. The molecule has 0 atom stereocenters. The number of sulfonamides is 1. The van der Waals surface area contributed by atoms with Gasteiger partial charge in [-0.2, -0.15) is 4.39 Å². The van der Waals surface area contributed by atoms with E-state index in [4.69, 9.17) is 9.47 Å². The summed E-state index contributed by atoms with van der Waals surface area (Å²) in [6.45, 7) is 1.55. The molecule has 4 aromatic rings. The summed E-state index contributed by atoms with van der Waals surface area (Å²) < 4.78 is 95.9. The molecule has 0 amide bonds. The summed E-state index contributed by atoms with van der Waals surface area (Å²) in [7, 11) is -0.615. The number of pyridine rings is 1. The van der Waals surface area contributed by atoms with Crippen LogP contribution in [0, 0.1) is 23.3 Å². The van der Waals surface area contributed by atoms with Gasteiger partial charge in [0.2, 0.25) is 27.7 Å². The number of likely N-dealkylation sites (N-methyl/N-ethyl adjacent to an activating group) is 1. The number of aromatic nitrogens is 3. The molecule has 0 saturated heterocycles. The summed E-state index contributed by atoms with van der Waals surface area (Å²) in [5, 5.41) is 3.37. The van der Waals surface area contributed by atoms with Crippen LogP contribution < -0.4 is 14.8 Å². The normalized spacial score (nSPS) is 16.3. The molecule has 2 heterocycles. The first-order chi connectivity index (χ1) is 22.5. The minimum absolute atomic E-state index is 0. The van der Waals surface area contributed by atoms with Crippen LogP contribution in [0.15, 0.2) is 60.9 Å². The molecule has 2 aromatic heterocycles. The Kier molecular flexibility index (Phi) is 12.5. The Hall–Kier alpha value is -4.05. The van der Waals surface area contributed by atoms with Crippen LogP contribution in [0.25, 0.3) is 11.3 Å². The van der Waals surface area contributed by atoms with E-state index in [2.05, 4.69) is 32.2 Å². The first-order valence-corrected chi connectivity index (χ1v) is 16.5. The molecule has 1 aliphatic carbocycles. The van der Waals surface area contributed by atoms with E-state index in [9.17, 15) is 12.8 Å². The molecule has 16 heteroatoms. The predicted octanol–water partition coefficient (Wildman–Crippen LogP) is 6.55. The fourth-order valence-corrected chi connectivity index (χ4v) is 6.55. The third-order valence-electron chi connectivity index (χ3n) is 7.86. The van der Waals surface area contributed by atoms with Gasteiger partial charge >= 0.3 is 0 Å². The lowest BCUT2D eigenvalue weighted by atomic mass is 9.90. The Labute approximate surface area is 282 Å². The Morgan fingerprint density at radius 1 is 0.958 bits per heavy atom. The third kappa shape index (κ3) is 9.30. The molecular formula is C32H35ClF4N6O4S. The molecule has 10 nitrogen and oxygen atoms in total.